The van der Waals surface area contributed by atoms with Crippen LogP contribution in [0.25, 0.3) is 6.08 Å². The van der Waals surface area contributed by atoms with Gasteiger partial charge in [0.1, 0.15) is 0 Å². The molecule has 0 heterocycles. The third-order valence-corrected chi connectivity index (χ3v) is 2.04. The molecule has 0 fully saturated rings. The van der Waals surface area contributed by atoms with Crippen molar-refractivity contribution in [1.82, 2.24) is 0 Å². The smallest absolute Gasteiger partial charge is 0.160 e. The molecule has 1 nitrogen and oxygen atoms in total. The number of ketones is 1. The van der Waals surface area contributed by atoms with Gasteiger partial charge in [-0.05, 0) is 31.9 Å². The van der Waals surface area contributed by atoms with Crippen LogP contribution in [0.15, 0.2) is 24.3 Å². The summed E-state index contributed by atoms with van der Waals surface area (Å²) >= 11 is 0. The van der Waals surface area contributed by atoms with Crippen molar-refractivity contribution in [1.29, 1.82) is 0 Å². The highest BCUT2D eigenvalue weighted by Gasteiger charge is 2.05. The van der Waals surface area contributed by atoms with Crippen molar-refractivity contribution in [2.75, 3.05) is 0 Å². The normalized spacial score (nSPS) is 10.7. The predicted molar refractivity (Wildman–Crippen MR) is 55.9 cm³/mol. The van der Waals surface area contributed by atoms with Crippen molar-refractivity contribution < 1.29 is 4.79 Å². The van der Waals surface area contributed by atoms with E-state index in [4.69, 9.17) is 0 Å². The van der Waals surface area contributed by atoms with Crippen molar-refractivity contribution >= 4 is 11.9 Å². The van der Waals surface area contributed by atoms with Crippen LogP contribution in [0.5, 0.6) is 0 Å². The number of hydrogen-bond acceptors (Lipinski definition) is 1. The largest absolute Gasteiger partial charge is 0.294 e. The van der Waals surface area contributed by atoms with Crippen LogP contribution in [0, 0.1) is 6.92 Å². The van der Waals surface area contributed by atoms with E-state index >= 15 is 0 Å². The molecule has 0 bridgehead atoms. The van der Waals surface area contributed by atoms with E-state index in [1.54, 1.807) is 6.92 Å². The van der Waals surface area contributed by atoms with Crippen LogP contribution in [-0.2, 0) is 0 Å². The number of benzene rings is 1. The van der Waals surface area contributed by atoms with E-state index in [9.17, 15) is 4.79 Å². The summed E-state index contributed by atoms with van der Waals surface area (Å²) in [5.74, 6) is 0.122. The SMILES string of the molecule is C/C=C\c1c(C)cccc1C(C)=O. The third-order valence-electron chi connectivity index (χ3n) is 2.04. The molecule has 1 aromatic carbocycles. The number of carbonyl (C=O) groups excluding carboxylic acids is 1. The topological polar surface area (TPSA) is 17.1 Å². The van der Waals surface area contributed by atoms with Gasteiger partial charge in [0.25, 0.3) is 0 Å². The highest BCUT2D eigenvalue weighted by molar-refractivity contribution is 5.98. The first kappa shape index (κ1) is 9.72. The van der Waals surface area contributed by atoms with Crippen LogP contribution in [0.4, 0.5) is 0 Å². The van der Waals surface area contributed by atoms with Gasteiger partial charge in [0.05, 0.1) is 0 Å². The Labute approximate surface area is 79.1 Å². The van der Waals surface area contributed by atoms with Crippen LogP contribution >= 0.6 is 0 Å². The highest BCUT2D eigenvalue weighted by Crippen LogP contribution is 2.16. The van der Waals surface area contributed by atoms with E-state index in [0.717, 1.165) is 16.7 Å². The van der Waals surface area contributed by atoms with Gasteiger partial charge in [-0.2, -0.15) is 0 Å². The number of Topliss-reactive ketones (excluding diaryl/α,β-unsaturated/α-hetero) is 1. The molecule has 1 aromatic rings. The zero-order valence-corrected chi connectivity index (χ0v) is 8.29. The fraction of sp³-hybridized carbons (Fsp3) is 0.250. The Bertz CT molecular complexity index is 348. The third kappa shape index (κ3) is 2.05. The summed E-state index contributed by atoms with van der Waals surface area (Å²) in [4.78, 5) is 11.3. The molecule has 13 heavy (non-hydrogen) atoms. The minimum Gasteiger partial charge on any atom is -0.294 e. The second kappa shape index (κ2) is 4.04. The minimum absolute atomic E-state index is 0.122. The van der Waals surface area contributed by atoms with Gasteiger partial charge in [-0.3, -0.25) is 4.79 Å². The van der Waals surface area contributed by atoms with Crippen LogP contribution in [0.2, 0.25) is 0 Å². The Hall–Kier alpha value is -1.37. The summed E-state index contributed by atoms with van der Waals surface area (Å²) in [5, 5.41) is 0. The predicted octanol–water partition coefficient (Wildman–Crippen LogP) is 3.23. The fourth-order valence-corrected chi connectivity index (χ4v) is 1.38. The van der Waals surface area contributed by atoms with Gasteiger partial charge in [-0.1, -0.05) is 30.4 Å². The van der Waals surface area contributed by atoms with E-state index in [-0.39, 0.29) is 5.78 Å². The monoisotopic (exact) mass is 174 g/mol. The van der Waals surface area contributed by atoms with E-state index in [1.165, 1.54) is 0 Å². The Morgan fingerprint density at radius 3 is 2.62 bits per heavy atom. The standard InChI is InChI=1S/C12H14O/c1-4-6-11-9(2)7-5-8-12(11)10(3)13/h4-8H,1-3H3/b6-4-. The number of rotatable bonds is 2. The summed E-state index contributed by atoms with van der Waals surface area (Å²) in [6.45, 7) is 5.57. The molecule has 0 unspecified atom stereocenters. The van der Waals surface area contributed by atoms with E-state index in [1.807, 2.05) is 44.2 Å². The lowest BCUT2D eigenvalue weighted by atomic mass is 9.99. The molecular formula is C12H14O. The van der Waals surface area contributed by atoms with Crippen LogP contribution in [0.3, 0.4) is 0 Å². The molecular weight excluding hydrogens is 160 g/mol. The van der Waals surface area contributed by atoms with Crippen molar-refractivity contribution in [3.05, 3.63) is 41.0 Å². The zero-order chi connectivity index (χ0) is 9.84. The Morgan fingerprint density at radius 2 is 2.08 bits per heavy atom. The minimum atomic E-state index is 0.122. The molecule has 0 aliphatic rings. The van der Waals surface area contributed by atoms with Crippen LogP contribution < -0.4 is 0 Å². The maximum absolute atomic E-state index is 11.3. The molecule has 68 valence electrons. The Balaban J connectivity index is 3.33. The van der Waals surface area contributed by atoms with Crippen molar-refractivity contribution in [2.45, 2.75) is 20.8 Å². The molecule has 0 saturated carbocycles. The second-order valence-corrected chi connectivity index (χ2v) is 3.09. The first-order valence-corrected chi connectivity index (χ1v) is 4.40. The van der Waals surface area contributed by atoms with Crippen molar-refractivity contribution in [3.8, 4) is 0 Å². The first-order valence-electron chi connectivity index (χ1n) is 4.40. The summed E-state index contributed by atoms with van der Waals surface area (Å²) in [7, 11) is 0. The molecule has 1 rings (SSSR count). The van der Waals surface area contributed by atoms with Crippen molar-refractivity contribution in [2.24, 2.45) is 0 Å². The van der Waals surface area contributed by atoms with Gasteiger partial charge in [-0.25, -0.2) is 0 Å². The number of aryl methyl sites for hydroxylation is 1. The lowest BCUT2D eigenvalue weighted by Gasteiger charge is -2.05. The molecule has 0 aromatic heterocycles. The van der Waals surface area contributed by atoms with Gasteiger partial charge >= 0.3 is 0 Å². The molecule has 0 radical (unpaired) electrons. The second-order valence-electron chi connectivity index (χ2n) is 3.09. The van der Waals surface area contributed by atoms with E-state index in [2.05, 4.69) is 0 Å². The van der Waals surface area contributed by atoms with Gasteiger partial charge in [-0.15, -0.1) is 0 Å². The summed E-state index contributed by atoms with van der Waals surface area (Å²) in [6, 6.07) is 5.80. The molecule has 0 saturated heterocycles. The van der Waals surface area contributed by atoms with Gasteiger partial charge in [0.15, 0.2) is 5.78 Å². The van der Waals surface area contributed by atoms with Gasteiger partial charge < -0.3 is 0 Å². The first-order chi connectivity index (χ1) is 6.16. The lowest BCUT2D eigenvalue weighted by molar-refractivity contribution is 0.101. The zero-order valence-electron chi connectivity index (χ0n) is 8.29. The molecule has 0 spiro atoms. The fourth-order valence-electron chi connectivity index (χ4n) is 1.38. The number of allylic oxidation sites excluding steroid dienone is 1. The summed E-state index contributed by atoms with van der Waals surface area (Å²) < 4.78 is 0. The molecule has 1 heteroatoms. The van der Waals surface area contributed by atoms with Crippen LogP contribution in [-0.4, -0.2) is 5.78 Å². The maximum Gasteiger partial charge on any atom is 0.160 e. The van der Waals surface area contributed by atoms with Gasteiger partial charge in [0, 0.05) is 5.56 Å². The Morgan fingerprint density at radius 1 is 1.38 bits per heavy atom. The summed E-state index contributed by atoms with van der Waals surface area (Å²) in [5.41, 5.74) is 2.99. The molecule has 0 atom stereocenters. The summed E-state index contributed by atoms with van der Waals surface area (Å²) in [6.07, 6.45) is 3.93. The number of hydrogen-bond donors (Lipinski definition) is 0. The average molecular weight is 174 g/mol. The Kier molecular flexibility index (Phi) is 3.02. The van der Waals surface area contributed by atoms with Gasteiger partial charge in [0.2, 0.25) is 0 Å². The van der Waals surface area contributed by atoms with E-state index < -0.39 is 0 Å². The average Bonchev–Trinajstić information content (AvgIpc) is 2.08. The van der Waals surface area contributed by atoms with Crippen molar-refractivity contribution in [3.63, 3.8) is 0 Å². The highest BCUT2D eigenvalue weighted by atomic mass is 16.1. The molecule has 0 N–H and O–H groups in total. The molecule has 0 aliphatic carbocycles. The van der Waals surface area contributed by atoms with E-state index in [0.29, 0.717) is 0 Å². The maximum atomic E-state index is 11.3. The number of carbonyl (C=O) groups is 1. The molecule has 0 amide bonds. The lowest BCUT2D eigenvalue weighted by Crippen LogP contribution is -1.97. The quantitative estimate of drug-likeness (QED) is 0.629. The molecule has 0 aliphatic heterocycles. The van der Waals surface area contributed by atoms with Crippen LogP contribution in [0.1, 0.15) is 35.3 Å².